The molecular weight excluding hydrogens is 254 g/mol. The Morgan fingerprint density at radius 3 is 1.53 bits per heavy atom. The van der Waals surface area contributed by atoms with Crippen LogP contribution in [-0.4, -0.2) is 12.2 Å². The van der Waals surface area contributed by atoms with E-state index in [1.54, 1.807) is 19.2 Å². The van der Waals surface area contributed by atoms with Crippen LogP contribution >= 0.6 is 11.6 Å². The van der Waals surface area contributed by atoms with Crippen LogP contribution < -0.4 is 0 Å². The van der Waals surface area contributed by atoms with Crippen LogP contribution in [0.1, 0.15) is 48.5 Å². The fourth-order valence-electron chi connectivity index (χ4n) is 0.874. The van der Waals surface area contributed by atoms with Gasteiger partial charge in [-0.1, -0.05) is 90.6 Å². The third-order valence-electron chi connectivity index (χ3n) is 1.50. The lowest BCUT2D eigenvalue weighted by Gasteiger charge is -2.02. The normalized spacial score (nSPS) is 8.79. The lowest BCUT2D eigenvalue weighted by Crippen LogP contribution is -1.94. The molecule has 0 saturated carbocycles. The van der Waals surface area contributed by atoms with Gasteiger partial charge in [0, 0.05) is 12.6 Å². The number of rotatable bonds is 4. The van der Waals surface area contributed by atoms with Gasteiger partial charge in [-0.05, 0) is 12.5 Å². The van der Waals surface area contributed by atoms with Crippen molar-refractivity contribution in [3.63, 3.8) is 0 Å². The topological polar surface area (TPSA) is 12.4 Å². The molecule has 0 radical (unpaired) electrons. The first-order chi connectivity index (χ1) is 9.21. The summed E-state index contributed by atoms with van der Waals surface area (Å²) in [7, 11) is 1.65. The van der Waals surface area contributed by atoms with Gasteiger partial charge in [-0.15, -0.1) is 0 Å². The minimum Gasteiger partial charge on any atom is -0.276 e. The van der Waals surface area contributed by atoms with Gasteiger partial charge in [0.25, 0.3) is 0 Å². The monoisotopic (exact) mass is 285 g/mol. The molecule has 0 atom stereocenters. The Hall–Kier alpha value is -1.08. The molecule has 0 amide bonds. The Bertz CT molecular complexity index is 274. The highest BCUT2D eigenvalue weighted by atomic mass is 35.5. The number of aliphatic imine (C=N–C) groups is 1. The Balaban J connectivity index is -0.000000163. The summed E-state index contributed by atoms with van der Waals surface area (Å²) in [6.07, 6.45) is 7.19. The zero-order valence-corrected chi connectivity index (χ0v) is 14.8. The second-order valence-electron chi connectivity index (χ2n) is 2.29. The summed E-state index contributed by atoms with van der Waals surface area (Å²) in [5.41, 5.74) is 1.73. The molecule has 0 spiro atoms. The van der Waals surface area contributed by atoms with Crippen molar-refractivity contribution in [2.45, 2.75) is 48.5 Å². The van der Waals surface area contributed by atoms with Crippen molar-refractivity contribution < 1.29 is 0 Å². The molecule has 0 aliphatic heterocycles. The van der Waals surface area contributed by atoms with Crippen molar-refractivity contribution in [3.05, 3.63) is 48.6 Å². The van der Waals surface area contributed by atoms with Crippen molar-refractivity contribution in [2.75, 3.05) is 7.05 Å². The van der Waals surface area contributed by atoms with Gasteiger partial charge >= 0.3 is 0 Å². The predicted molar refractivity (Wildman–Crippen MR) is 95.5 cm³/mol. The summed E-state index contributed by atoms with van der Waals surface area (Å²) in [4.78, 5) is 3.90. The average molecular weight is 286 g/mol. The van der Waals surface area contributed by atoms with Crippen LogP contribution in [0.4, 0.5) is 0 Å². The first kappa shape index (κ1) is 26.5. The summed E-state index contributed by atoms with van der Waals surface area (Å²) in [6.45, 7) is 21.3. The molecule has 0 saturated heterocycles. The lowest BCUT2D eigenvalue weighted by atomic mass is 10.1. The Kier molecular flexibility index (Phi) is 35.8. The fourth-order valence-corrected chi connectivity index (χ4v) is 1.05. The van der Waals surface area contributed by atoms with Crippen molar-refractivity contribution in [1.29, 1.82) is 0 Å². The maximum atomic E-state index is 5.91. The molecule has 2 heteroatoms. The average Bonchev–Trinajstić information content (AvgIpc) is 2.52. The molecule has 1 nitrogen and oxygen atoms in total. The van der Waals surface area contributed by atoms with E-state index in [9.17, 15) is 0 Å². The van der Waals surface area contributed by atoms with Gasteiger partial charge in [-0.3, -0.25) is 4.99 Å². The molecule has 0 heterocycles. The van der Waals surface area contributed by atoms with E-state index in [0.29, 0.717) is 5.17 Å². The Morgan fingerprint density at radius 2 is 1.32 bits per heavy atom. The molecule has 0 fully saturated rings. The molecule has 0 aromatic heterocycles. The molecule has 0 aliphatic carbocycles. The molecule has 0 rings (SSSR count). The van der Waals surface area contributed by atoms with E-state index in [4.69, 9.17) is 11.6 Å². The predicted octanol–water partition coefficient (Wildman–Crippen LogP) is 6.58. The van der Waals surface area contributed by atoms with Gasteiger partial charge in [0.1, 0.15) is 5.17 Å². The molecule has 19 heavy (non-hydrogen) atoms. The van der Waals surface area contributed by atoms with Crippen LogP contribution in [0, 0.1) is 0 Å². The van der Waals surface area contributed by atoms with Crippen molar-refractivity contribution in [1.82, 2.24) is 0 Å². The van der Waals surface area contributed by atoms with Crippen molar-refractivity contribution in [3.8, 4) is 0 Å². The van der Waals surface area contributed by atoms with Gasteiger partial charge in [0.2, 0.25) is 0 Å². The van der Waals surface area contributed by atoms with Crippen molar-refractivity contribution in [2.24, 2.45) is 4.99 Å². The minimum atomic E-state index is 0.466. The highest BCUT2D eigenvalue weighted by Crippen LogP contribution is 2.13. The molecular formula is C17H32ClN. The van der Waals surface area contributed by atoms with Gasteiger partial charge in [-0.25, -0.2) is 0 Å². The van der Waals surface area contributed by atoms with Crippen LogP contribution in [0.2, 0.25) is 0 Å². The third-order valence-corrected chi connectivity index (χ3v) is 1.88. The zero-order chi connectivity index (χ0) is 16.3. The minimum absolute atomic E-state index is 0.466. The maximum absolute atomic E-state index is 5.91. The quantitative estimate of drug-likeness (QED) is 0.409. The Labute approximate surface area is 126 Å². The smallest absolute Gasteiger partial charge is 0.131 e. The van der Waals surface area contributed by atoms with Crippen LogP contribution in [0.5, 0.6) is 0 Å². The van der Waals surface area contributed by atoms with Crippen LogP contribution in [-0.2, 0) is 0 Å². The number of allylic oxidation sites excluding steroid dienone is 6. The van der Waals surface area contributed by atoms with Gasteiger partial charge in [-0.2, -0.15) is 0 Å². The van der Waals surface area contributed by atoms with Gasteiger partial charge < -0.3 is 0 Å². The zero-order valence-electron chi connectivity index (χ0n) is 14.0. The third kappa shape index (κ3) is 14.9. The summed E-state index contributed by atoms with van der Waals surface area (Å²) in [5.74, 6) is 0. The molecule has 0 unspecified atom stereocenters. The standard InChI is InChI=1S/C11H14ClN.3C2H6/c1-5-8-10(11(12)13-4)9(6-2)7-3;3*1-2/h5-8H,2-3H2,1,4H3;3*1-2H3/b8-5-,13-11?;;;. The number of halogens is 1. The van der Waals surface area contributed by atoms with Gasteiger partial charge in [0.15, 0.2) is 0 Å². The summed E-state index contributed by atoms with van der Waals surface area (Å²) in [5, 5.41) is 0.466. The largest absolute Gasteiger partial charge is 0.276 e. The number of hydrogen-bond donors (Lipinski definition) is 0. The van der Waals surface area contributed by atoms with E-state index < -0.39 is 0 Å². The summed E-state index contributed by atoms with van der Waals surface area (Å²) >= 11 is 5.91. The van der Waals surface area contributed by atoms with Crippen molar-refractivity contribution >= 4 is 16.8 Å². The number of nitrogens with zero attached hydrogens (tertiary/aromatic N) is 1. The second-order valence-corrected chi connectivity index (χ2v) is 2.65. The molecule has 0 bridgehead atoms. The fraction of sp³-hybridized carbons (Fsp3) is 0.471. The Morgan fingerprint density at radius 1 is 0.947 bits per heavy atom. The lowest BCUT2D eigenvalue weighted by molar-refractivity contribution is 1.44. The van der Waals surface area contributed by atoms with E-state index in [2.05, 4.69) is 18.2 Å². The van der Waals surface area contributed by atoms with Crippen LogP contribution in [0.25, 0.3) is 0 Å². The maximum Gasteiger partial charge on any atom is 0.131 e. The molecule has 0 aromatic rings. The van der Waals surface area contributed by atoms with Crippen LogP contribution in [0.15, 0.2) is 53.6 Å². The molecule has 0 N–H and O–H groups in total. The highest BCUT2D eigenvalue weighted by molar-refractivity contribution is 6.70. The summed E-state index contributed by atoms with van der Waals surface area (Å²) < 4.78 is 0. The van der Waals surface area contributed by atoms with Gasteiger partial charge in [0.05, 0.1) is 0 Å². The first-order valence-corrected chi connectivity index (χ1v) is 7.33. The molecule has 112 valence electrons. The van der Waals surface area contributed by atoms with E-state index in [1.807, 2.05) is 60.6 Å². The summed E-state index contributed by atoms with van der Waals surface area (Å²) in [6, 6.07) is 0. The van der Waals surface area contributed by atoms with E-state index in [1.165, 1.54) is 0 Å². The van der Waals surface area contributed by atoms with E-state index in [0.717, 1.165) is 11.1 Å². The SMILES string of the molecule is C=CC(C=C)=C(/C=C\C)C(Cl)=NC.CC.CC.CC. The second kappa shape index (κ2) is 25.7. The number of hydrogen-bond acceptors (Lipinski definition) is 1. The highest BCUT2D eigenvalue weighted by Gasteiger charge is 2.02. The van der Waals surface area contributed by atoms with E-state index >= 15 is 0 Å². The van der Waals surface area contributed by atoms with E-state index in [-0.39, 0.29) is 0 Å². The van der Waals surface area contributed by atoms with Crippen LogP contribution in [0.3, 0.4) is 0 Å². The molecule has 0 aliphatic rings. The molecule has 0 aromatic carbocycles. The first-order valence-electron chi connectivity index (χ1n) is 6.95.